The van der Waals surface area contributed by atoms with E-state index in [0.29, 0.717) is 11.0 Å². The number of rotatable bonds is 2. The second-order valence-corrected chi connectivity index (χ2v) is 3.93. The van der Waals surface area contributed by atoms with Crippen LogP contribution in [0.15, 0.2) is 24.4 Å². The molecule has 82 valence electrons. The fourth-order valence-electron chi connectivity index (χ4n) is 1.37. The van der Waals surface area contributed by atoms with Crippen molar-refractivity contribution in [3.8, 4) is 11.4 Å². The summed E-state index contributed by atoms with van der Waals surface area (Å²) in [6.07, 6.45) is 2.61. The molecule has 0 bridgehead atoms. The molecule has 2 rings (SSSR count). The number of hydrogen-bond donors (Lipinski definition) is 0. The van der Waals surface area contributed by atoms with Crippen molar-refractivity contribution in [1.82, 2.24) is 15.0 Å². The van der Waals surface area contributed by atoms with Crippen molar-refractivity contribution < 1.29 is 0 Å². The maximum Gasteiger partial charge on any atom is 0.162 e. The summed E-state index contributed by atoms with van der Waals surface area (Å²) in [6.45, 7) is 3.98. The minimum absolute atomic E-state index is 0.474. The molecule has 0 N–H and O–H groups in total. The third-order valence-electron chi connectivity index (χ3n) is 2.28. The quantitative estimate of drug-likeness (QED) is 0.749. The molecule has 2 heterocycles. The lowest BCUT2D eigenvalue weighted by atomic mass is 10.2. The Balaban J connectivity index is 2.47. The van der Waals surface area contributed by atoms with E-state index < -0.39 is 0 Å². The molecule has 0 aliphatic rings. The van der Waals surface area contributed by atoms with Crippen LogP contribution >= 0.6 is 11.6 Å². The smallest absolute Gasteiger partial charge is 0.162 e. The number of hydrogen-bond acceptors (Lipinski definition) is 3. The van der Waals surface area contributed by atoms with Gasteiger partial charge in [0.25, 0.3) is 0 Å². The third-order valence-corrected chi connectivity index (χ3v) is 2.47. The third kappa shape index (κ3) is 2.36. The lowest BCUT2D eigenvalue weighted by Gasteiger charge is -2.03. The molecule has 0 spiro atoms. The Kier molecular flexibility index (Phi) is 3.15. The normalized spacial score (nSPS) is 10.4. The second kappa shape index (κ2) is 4.58. The molecule has 0 unspecified atom stereocenters. The van der Waals surface area contributed by atoms with Crippen LogP contribution in [0.5, 0.6) is 0 Å². The maximum atomic E-state index is 5.94. The van der Waals surface area contributed by atoms with Gasteiger partial charge in [-0.25, -0.2) is 9.97 Å². The van der Waals surface area contributed by atoms with Crippen molar-refractivity contribution in [2.45, 2.75) is 20.3 Å². The Morgan fingerprint density at radius 2 is 2.06 bits per heavy atom. The molecule has 16 heavy (non-hydrogen) atoms. The topological polar surface area (TPSA) is 38.7 Å². The summed E-state index contributed by atoms with van der Waals surface area (Å²) in [5, 5.41) is 0.474. The van der Waals surface area contributed by atoms with Crippen LogP contribution in [-0.2, 0) is 6.42 Å². The number of aryl methyl sites for hydroxylation is 2. The van der Waals surface area contributed by atoms with Gasteiger partial charge in [-0.2, -0.15) is 0 Å². The van der Waals surface area contributed by atoms with E-state index in [-0.39, 0.29) is 0 Å². The van der Waals surface area contributed by atoms with Crippen molar-refractivity contribution in [3.63, 3.8) is 0 Å². The molecule has 0 aliphatic carbocycles. The van der Waals surface area contributed by atoms with E-state index in [2.05, 4.69) is 15.0 Å². The molecule has 0 aromatic carbocycles. The van der Waals surface area contributed by atoms with Crippen LogP contribution < -0.4 is 0 Å². The summed E-state index contributed by atoms with van der Waals surface area (Å²) in [4.78, 5) is 12.8. The Hall–Kier alpha value is -1.48. The predicted molar refractivity (Wildman–Crippen MR) is 64.4 cm³/mol. The van der Waals surface area contributed by atoms with Crippen LogP contribution in [-0.4, -0.2) is 15.0 Å². The first-order chi connectivity index (χ1) is 7.69. The summed E-state index contributed by atoms with van der Waals surface area (Å²) < 4.78 is 0. The van der Waals surface area contributed by atoms with Gasteiger partial charge >= 0.3 is 0 Å². The van der Waals surface area contributed by atoms with E-state index in [1.54, 1.807) is 12.3 Å². The van der Waals surface area contributed by atoms with Crippen LogP contribution in [0.25, 0.3) is 11.4 Å². The lowest BCUT2D eigenvalue weighted by molar-refractivity contribution is 1.00. The molecule has 0 atom stereocenters. The van der Waals surface area contributed by atoms with Gasteiger partial charge in [-0.1, -0.05) is 18.5 Å². The van der Waals surface area contributed by atoms with E-state index in [0.717, 1.165) is 23.4 Å². The van der Waals surface area contributed by atoms with Gasteiger partial charge in [-0.3, -0.25) is 4.98 Å². The van der Waals surface area contributed by atoms with Crippen LogP contribution in [0.2, 0.25) is 5.15 Å². The van der Waals surface area contributed by atoms with Gasteiger partial charge in [-0.15, -0.1) is 0 Å². The van der Waals surface area contributed by atoms with E-state index in [4.69, 9.17) is 11.6 Å². The van der Waals surface area contributed by atoms with Crippen molar-refractivity contribution in [2.24, 2.45) is 0 Å². The number of nitrogens with zero attached hydrogens (tertiary/aromatic N) is 3. The van der Waals surface area contributed by atoms with E-state index in [1.165, 1.54) is 0 Å². The van der Waals surface area contributed by atoms with Crippen molar-refractivity contribution in [3.05, 3.63) is 40.9 Å². The molecule has 2 aromatic rings. The summed E-state index contributed by atoms with van der Waals surface area (Å²) >= 11 is 5.94. The highest BCUT2D eigenvalue weighted by Crippen LogP contribution is 2.17. The molecular weight excluding hydrogens is 222 g/mol. The predicted octanol–water partition coefficient (Wildman–Crippen LogP) is 3.06. The van der Waals surface area contributed by atoms with E-state index >= 15 is 0 Å². The maximum absolute atomic E-state index is 5.94. The molecule has 0 saturated heterocycles. The minimum atomic E-state index is 0.474. The first-order valence-corrected chi connectivity index (χ1v) is 5.53. The molecular formula is C12H12ClN3. The van der Waals surface area contributed by atoms with Gasteiger partial charge in [-0.05, 0) is 31.5 Å². The van der Waals surface area contributed by atoms with Crippen molar-refractivity contribution in [2.75, 3.05) is 0 Å². The van der Waals surface area contributed by atoms with Crippen molar-refractivity contribution >= 4 is 11.6 Å². The van der Waals surface area contributed by atoms with Gasteiger partial charge in [0.2, 0.25) is 0 Å². The highest BCUT2D eigenvalue weighted by Gasteiger charge is 2.05. The van der Waals surface area contributed by atoms with Gasteiger partial charge < -0.3 is 0 Å². The van der Waals surface area contributed by atoms with Crippen LogP contribution in [0.3, 0.4) is 0 Å². The molecule has 0 saturated carbocycles. The molecule has 2 aromatic heterocycles. The van der Waals surface area contributed by atoms with Gasteiger partial charge in [0.1, 0.15) is 5.15 Å². The minimum Gasteiger partial charge on any atom is -0.261 e. The molecule has 0 aliphatic heterocycles. The van der Waals surface area contributed by atoms with Crippen LogP contribution in [0.1, 0.15) is 18.3 Å². The fraction of sp³-hybridized carbons (Fsp3) is 0.250. The first kappa shape index (κ1) is 11.0. The van der Waals surface area contributed by atoms with Crippen LogP contribution in [0, 0.1) is 6.92 Å². The molecule has 0 amide bonds. The van der Waals surface area contributed by atoms with Gasteiger partial charge in [0.05, 0.1) is 0 Å². The zero-order valence-corrected chi connectivity index (χ0v) is 9.99. The molecule has 3 nitrogen and oxygen atoms in total. The Bertz CT molecular complexity index is 494. The van der Waals surface area contributed by atoms with E-state index in [9.17, 15) is 0 Å². The number of aromatic nitrogens is 3. The average molecular weight is 234 g/mol. The largest absolute Gasteiger partial charge is 0.261 e. The highest BCUT2D eigenvalue weighted by molar-refractivity contribution is 6.29. The summed E-state index contributed by atoms with van der Waals surface area (Å²) in [5.41, 5.74) is 2.81. The van der Waals surface area contributed by atoms with Crippen LogP contribution in [0.4, 0.5) is 0 Å². The van der Waals surface area contributed by atoms with Crippen molar-refractivity contribution in [1.29, 1.82) is 0 Å². The monoisotopic (exact) mass is 233 g/mol. The highest BCUT2D eigenvalue weighted by atomic mass is 35.5. The summed E-state index contributed by atoms with van der Waals surface area (Å²) in [7, 11) is 0. The lowest BCUT2D eigenvalue weighted by Crippen LogP contribution is -1.95. The Morgan fingerprint density at radius 3 is 2.69 bits per heavy atom. The fourth-order valence-corrected chi connectivity index (χ4v) is 1.58. The Morgan fingerprint density at radius 1 is 1.25 bits per heavy atom. The number of pyridine rings is 1. The molecule has 4 heteroatoms. The summed E-state index contributed by atoms with van der Waals surface area (Å²) in [5.74, 6) is 0.636. The number of halogens is 1. The standard InChI is InChI=1S/C12H12ClN3/c1-3-10-6-11(13)16-12(15-10)9-5-4-8(2)14-7-9/h4-7H,3H2,1-2H3. The zero-order valence-electron chi connectivity index (χ0n) is 9.24. The van der Waals surface area contributed by atoms with Gasteiger partial charge in [0, 0.05) is 23.1 Å². The first-order valence-electron chi connectivity index (χ1n) is 5.15. The SMILES string of the molecule is CCc1cc(Cl)nc(-c2ccc(C)nc2)n1. The van der Waals surface area contributed by atoms with Gasteiger partial charge in [0.15, 0.2) is 5.82 Å². The molecule has 0 radical (unpaired) electrons. The average Bonchev–Trinajstić information content (AvgIpc) is 2.29. The Labute approximate surface area is 99.5 Å². The zero-order chi connectivity index (χ0) is 11.5. The second-order valence-electron chi connectivity index (χ2n) is 3.55. The molecule has 0 fully saturated rings. The van der Waals surface area contributed by atoms with E-state index in [1.807, 2.05) is 26.0 Å². The summed E-state index contributed by atoms with van der Waals surface area (Å²) in [6, 6.07) is 5.67.